The fourth-order valence-electron chi connectivity index (χ4n) is 2.81. The molecule has 0 radical (unpaired) electrons. The third-order valence-corrected chi connectivity index (χ3v) is 4.24. The highest BCUT2D eigenvalue weighted by atomic mass is 16.5. The molecule has 5 nitrogen and oxygen atoms in total. The van der Waals surface area contributed by atoms with Crippen LogP contribution in [0.4, 0.5) is 0 Å². The molecule has 1 aliphatic rings. The van der Waals surface area contributed by atoms with Crippen molar-refractivity contribution in [3.8, 4) is 0 Å². The first-order chi connectivity index (χ1) is 10.0. The van der Waals surface area contributed by atoms with Crippen molar-refractivity contribution in [1.82, 2.24) is 5.32 Å². The number of aliphatic hydroxyl groups is 1. The lowest BCUT2D eigenvalue weighted by Gasteiger charge is -2.36. The van der Waals surface area contributed by atoms with Crippen molar-refractivity contribution in [3.05, 3.63) is 24.2 Å². The highest BCUT2D eigenvalue weighted by Gasteiger charge is 2.36. The summed E-state index contributed by atoms with van der Waals surface area (Å²) in [5.41, 5.74) is -0.746. The summed E-state index contributed by atoms with van der Waals surface area (Å²) in [5.74, 6) is 0.669. The molecular formula is C16H25NO4. The van der Waals surface area contributed by atoms with E-state index in [1.54, 1.807) is 6.26 Å². The lowest BCUT2D eigenvalue weighted by atomic mass is 9.78. The van der Waals surface area contributed by atoms with Gasteiger partial charge in [-0.25, -0.2) is 0 Å². The Morgan fingerprint density at radius 2 is 2.29 bits per heavy atom. The van der Waals surface area contributed by atoms with Gasteiger partial charge in [-0.3, -0.25) is 4.79 Å². The van der Waals surface area contributed by atoms with E-state index in [4.69, 9.17) is 9.15 Å². The van der Waals surface area contributed by atoms with Gasteiger partial charge in [-0.05, 0) is 51.7 Å². The molecule has 1 aromatic rings. The third kappa shape index (κ3) is 4.32. The van der Waals surface area contributed by atoms with Crippen LogP contribution in [-0.2, 0) is 9.53 Å². The number of ether oxygens (including phenoxy) is 1. The normalized spacial score (nSPS) is 27.3. The third-order valence-electron chi connectivity index (χ3n) is 4.24. The van der Waals surface area contributed by atoms with Crippen molar-refractivity contribution >= 4 is 5.97 Å². The zero-order chi connectivity index (χ0) is 15.3. The van der Waals surface area contributed by atoms with E-state index >= 15 is 0 Å². The molecule has 1 aromatic heterocycles. The summed E-state index contributed by atoms with van der Waals surface area (Å²) in [6.45, 7) is 4.75. The average Bonchev–Trinajstić information content (AvgIpc) is 3.00. The maximum atomic E-state index is 11.7. The average molecular weight is 295 g/mol. The van der Waals surface area contributed by atoms with Crippen LogP contribution in [0.2, 0.25) is 0 Å². The van der Waals surface area contributed by atoms with Gasteiger partial charge in [0.1, 0.15) is 5.76 Å². The van der Waals surface area contributed by atoms with Crippen molar-refractivity contribution in [2.24, 2.45) is 5.92 Å². The van der Waals surface area contributed by atoms with Crippen LogP contribution in [0, 0.1) is 5.92 Å². The van der Waals surface area contributed by atoms with Crippen LogP contribution in [0.1, 0.15) is 51.3 Å². The quantitative estimate of drug-likeness (QED) is 0.789. The number of furan rings is 1. The van der Waals surface area contributed by atoms with E-state index in [2.05, 4.69) is 5.32 Å². The first-order valence-electron chi connectivity index (χ1n) is 7.70. The minimum Gasteiger partial charge on any atom is -0.468 e. The number of rotatable bonds is 6. The minimum atomic E-state index is -0.746. The topological polar surface area (TPSA) is 71.7 Å². The van der Waals surface area contributed by atoms with Gasteiger partial charge in [-0.15, -0.1) is 0 Å². The number of esters is 1. The fraction of sp³-hybridized carbons (Fsp3) is 0.688. The van der Waals surface area contributed by atoms with Gasteiger partial charge >= 0.3 is 5.97 Å². The minimum absolute atomic E-state index is 0.0619. The van der Waals surface area contributed by atoms with Gasteiger partial charge in [0.2, 0.25) is 0 Å². The summed E-state index contributed by atoms with van der Waals surface area (Å²) >= 11 is 0. The zero-order valence-corrected chi connectivity index (χ0v) is 12.8. The molecule has 2 rings (SSSR count). The van der Waals surface area contributed by atoms with Crippen molar-refractivity contribution < 1.29 is 19.1 Å². The zero-order valence-electron chi connectivity index (χ0n) is 12.8. The molecule has 1 fully saturated rings. The highest BCUT2D eigenvalue weighted by Crippen LogP contribution is 2.32. The van der Waals surface area contributed by atoms with E-state index < -0.39 is 5.60 Å². The van der Waals surface area contributed by atoms with Gasteiger partial charge in [0.25, 0.3) is 0 Å². The standard InChI is InChI=1S/C16H25NO4/c1-3-20-15(18)13-6-8-16(19,9-7-13)11-17-12(2)14-5-4-10-21-14/h4-5,10,12-13,17,19H,3,6-9,11H2,1-2H3. The van der Waals surface area contributed by atoms with Gasteiger partial charge in [-0.2, -0.15) is 0 Å². The van der Waals surface area contributed by atoms with Crippen molar-refractivity contribution in [2.45, 2.75) is 51.2 Å². The van der Waals surface area contributed by atoms with Crippen LogP contribution >= 0.6 is 0 Å². The second-order valence-electron chi connectivity index (χ2n) is 5.87. The predicted molar refractivity (Wildman–Crippen MR) is 78.7 cm³/mol. The van der Waals surface area contributed by atoms with Crippen LogP contribution in [0.5, 0.6) is 0 Å². The van der Waals surface area contributed by atoms with E-state index in [0.717, 1.165) is 5.76 Å². The maximum absolute atomic E-state index is 11.7. The molecule has 118 valence electrons. The molecule has 0 aromatic carbocycles. The molecule has 0 amide bonds. The molecule has 2 N–H and O–H groups in total. The smallest absolute Gasteiger partial charge is 0.308 e. The first-order valence-corrected chi connectivity index (χ1v) is 7.70. The molecule has 1 saturated carbocycles. The lowest BCUT2D eigenvalue weighted by molar-refractivity contribution is -0.151. The Hall–Kier alpha value is -1.33. The fourth-order valence-corrected chi connectivity index (χ4v) is 2.81. The van der Waals surface area contributed by atoms with Crippen LogP contribution in [-0.4, -0.2) is 29.8 Å². The molecule has 1 unspecified atom stereocenters. The summed E-state index contributed by atoms with van der Waals surface area (Å²) in [4.78, 5) is 11.7. The van der Waals surface area contributed by atoms with Crippen molar-refractivity contribution in [3.63, 3.8) is 0 Å². The number of nitrogens with one attached hydrogen (secondary N) is 1. The number of hydrogen-bond donors (Lipinski definition) is 2. The molecule has 1 aliphatic carbocycles. The second kappa shape index (κ2) is 7.09. The van der Waals surface area contributed by atoms with Gasteiger partial charge in [-0.1, -0.05) is 0 Å². The van der Waals surface area contributed by atoms with E-state index in [-0.39, 0.29) is 17.9 Å². The van der Waals surface area contributed by atoms with Gasteiger partial charge in [0.05, 0.1) is 30.4 Å². The largest absolute Gasteiger partial charge is 0.468 e. The summed E-state index contributed by atoms with van der Waals surface area (Å²) in [7, 11) is 0. The highest BCUT2D eigenvalue weighted by molar-refractivity contribution is 5.72. The van der Waals surface area contributed by atoms with Crippen LogP contribution in [0.25, 0.3) is 0 Å². The van der Waals surface area contributed by atoms with Crippen LogP contribution in [0.15, 0.2) is 22.8 Å². The monoisotopic (exact) mass is 295 g/mol. The molecular weight excluding hydrogens is 270 g/mol. The van der Waals surface area contributed by atoms with Crippen molar-refractivity contribution in [2.75, 3.05) is 13.2 Å². The molecule has 0 spiro atoms. The number of carbonyl (C=O) groups is 1. The van der Waals surface area contributed by atoms with Gasteiger partial charge < -0.3 is 19.6 Å². The molecule has 0 aliphatic heterocycles. The van der Waals surface area contributed by atoms with Crippen LogP contribution in [0.3, 0.4) is 0 Å². The maximum Gasteiger partial charge on any atom is 0.308 e. The second-order valence-corrected chi connectivity index (χ2v) is 5.87. The Morgan fingerprint density at radius 1 is 1.57 bits per heavy atom. The number of carbonyl (C=O) groups excluding carboxylic acids is 1. The first kappa shape index (κ1) is 16.0. The summed E-state index contributed by atoms with van der Waals surface area (Å²) in [6, 6.07) is 3.83. The Balaban J connectivity index is 1.78. The molecule has 0 saturated heterocycles. The Morgan fingerprint density at radius 3 is 2.86 bits per heavy atom. The van der Waals surface area contributed by atoms with E-state index in [9.17, 15) is 9.90 Å². The summed E-state index contributed by atoms with van der Waals surface area (Å²) in [6.07, 6.45) is 4.26. The Labute approximate surface area is 125 Å². The molecule has 1 heterocycles. The van der Waals surface area contributed by atoms with E-state index in [1.165, 1.54) is 0 Å². The number of hydrogen-bond acceptors (Lipinski definition) is 5. The van der Waals surface area contributed by atoms with Crippen molar-refractivity contribution in [1.29, 1.82) is 0 Å². The molecule has 0 bridgehead atoms. The van der Waals surface area contributed by atoms with Gasteiger partial charge in [0.15, 0.2) is 0 Å². The SMILES string of the molecule is CCOC(=O)C1CCC(O)(CNC(C)c2ccco2)CC1. The molecule has 5 heteroatoms. The summed E-state index contributed by atoms with van der Waals surface area (Å²) < 4.78 is 10.4. The predicted octanol–water partition coefficient (Wildman–Crippen LogP) is 2.41. The molecule has 1 atom stereocenters. The molecule has 21 heavy (non-hydrogen) atoms. The Kier molecular flexibility index (Phi) is 5.42. The summed E-state index contributed by atoms with van der Waals surface area (Å²) in [5, 5.41) is 13.9. The van der Waals surface area contributed by atoms with E-state index in [1.807, 2.05) is 26.0 Å². The Bertz CT molecular complexity index is 435. The van der Waals surface area contributed by atoms with E-state index in [0.29, 0.717) is 38.8 Å². The van der Waals surface area contributed by atoms with Gasteiger partial charge in [0, 0.05) is 6.54 Å². The lowest BCUT2D eigenvalue weighted by Crippen LogP contribution is -2.45. The van der Waals surface area contributed by atoms with Crippen LogP contribution < -0.4 is 5.32 Å².